The Kier molecular flexibility index (Phi) is 6.15. The Morgan fingerprint density at radius 2 is 1.91 bits per heavy atom. The van der Waals surface area contributed by atoms with Gasteiger partial charge in [-0.1, -0.05) is 30.3 Å². The Balaban J connectivity index is 1.87. The normalized spacial score (nSPS) is 18.5. The van der Waals surface area contributed by atoms with Gasteiger partial charge in [0.1, 0.15) is 6.10 Å². The van der Waals surface area contributed by atoms with Crippen molar-refractivity contribution in [2.75, 3.05) is 20.2 Å². The number of piperidine rings is 1. The molecule has 128 valence electrons. The molecule has 2 rings (SSSR count). The summed E-state index contributed by atoms with van der Waals surface area (Å²) in [6.45, 7) is 2.55. The van der Waals surface area contributed by atoms with Crippen LogP contribution < -0.4 is 5.32 Å². The molecule has 1 aliphatic heterocycles. The van der Waals surface area contributed by atoms with E-state index in [0.29, 0.717) is 25.9 Å². The van der Waals surface area contributed by atoms with Crippen molar-refractivity contribution in [3.63, 3.8) is 0 Å². The smallest absolute Gasteiger partial charge is 0.249 e. The molecule has 1 aromatic carbocycles. The summed E-state index contributed by atoms with van der Waals surface area (Å²) in [7, 11) is -1.82. The van der Waals surface area contributed by atoms with Crippen LogP contribution in [0.15, 0.2) is 30.3 Å². The lowest BCUT2D eigenvalue weighted by atomic mass is 10.1. The number of carbonyl (C=O) groups excluding carboxylic acids is 1. The van der Waals surface area contributed by atoms with Gasteiger partial charge in [-0.15, -0.1) is 0 Å². The second-order valence-corrected chi connectivity index (χ2v) is 7.77. The summed E-state index contributed by atoms with van der Waals surface area (Å²) >= 11 is 0. The van der Waals surface area contributed by atoms with E-state index in [2.05, 4.69) is 5.32 Å². The molecule has 1 N–H and O–H groups in total. The minimum Gasteiger partial charge on any atom is -0.372 e. The summed E-state index contributed by atoms with van der Waals surface area (Å²) in [6, 6.07) is 9.18. The number of amides is 1. The fourth-order valence-corrected chi connectivity index (χ4v) is 4.14. The van der Waals surface area contributed by atoms with Crippen molar-refractivity contribution in [1.29, 1.82) is 0 Å². The number of rotatable bonds is 6. The lowest BCUT2D eigenvalue weighted by Gasteiger charge is -2.32. The summed E-state index contributed by atoms with van der Waals surface area (Å²) in [5.74, 6) is -0.135. The van der Waals surface area contributed by atoms with E-state index in [4.69, 9.17) is 4.74 Å². The molecule has 0 aliphatic carbocycles. The summed E-state index contributed by atoms with van der Waals surface area (Å²) in [4.78, 5) is 11.8. The number of benzene rings is 1. The number of hydrogen-bond donors (Lipinski definition) is 1. The molecule has 0 radical (unpaired) electrons. The first-order valence-corrected chi connectivity index (χ1v) is 9.38. The highest BCUT2D eigenvalue weighted by atomic mass is 32.2. The Hall–Kier alpha value is -1.44. The van der Waals surface area contributed by atoms with Crippen LogP contribution in [0.25, 0.3) is 0 Å². The molecule has 7 heteroatoms. The molecule has 0 spiro atoms. The molecule has 1 saturated heterocycles. The van der Waals surface area contributed by atoms with Gasteiger partial charge in [0.2, 0.25) is 15.9 Å². The molecule has 0 bridgehead atoms. The van der Waals surface area contributed by atoms with E-state index in [1.807, 2.05) is 30.3 Å². The molecule has 1 aliphatic rings. The van der Waals surface area contributed by atoms with E-state index < -0.39 is 16.1 Å². The number of methoxy groups -OCH3 is 1. The van der Waals surface area contributed by atoms with Crippen LogP contribution in [0, 0.1) is 0 Å². The third kappa shape index (κ3) is 5.02. The first-order chi connectivity index (χ1) is 10.9. The van der Waals surface area contributed by atoms with Crippen LogP contribution in [-0.4, -0.2) is 51.0 Å². The lowest BCUT2D eigenvalue weighted by molar-refractivity contribution is -0.131. The molecule has 1 fully saturated rings. The summed E-state index contributed by atoms with van der Waals surface area (Å²) in [6.07, 6.45) is 0.752. The Labute approximate surface area is 137 Å². The molecule has 1 aromatic rings. The van der Waals surface area contributed by atoms with Gasteiger partial charge in [0.25, 0.3) is 0 Å². The van der Waals surface area contributed by atoms with E-state index >= 15 is 0 Å². The monoisotopic (exact) mass is 340 g/mol. The maximum Gasteiger partial charge on any atom is 0.249 e. The second-order valence-electron chi connectivity index (χ2n) is 5.80. The molecule has 1 atom stereocenters. The zero-order chi connectivity index (χ0) is 16.9. The van der Waals surface area contributed by atoms with Gasteiger partial charge in [-0.2, -0.15) is 0 Å². The SMILES string of the molecule is CO[C@@H](C)C(=O)NC1CCN(S(=O)(=O)Cc2ccccc2)CC1. The van der Waals surface area contributed by atoms with E-state index in [0.717, 1.165) is 5.56 Å². The highest BCUT2D eigenvalue weighted by Crippen LogP contribution is 2.17. The van der Waals surface area contributed by atoms with E-state index in [-0.39, 0.29) is 17.7 Å². The average Bonchev–Trinajstić information content (AvgIpc) is 2.55. The number of nitrogens with zero attached hydrogens (tertiary/aromatic N) is 1. The van der Waals surface area contributed by atoms with Gasteiger partial charge in [0.15, 0.2) is 0 Å². The zero-order valence-electron chi connectivity index (χ0n) is 13.6. The Bertz CT molecular complexity index is 610. The lowest BCUT2D eigenvalue weighted by Crippen LogP contribution is -2.48. The standard InChI is InChI=1S/C16H24N2O4S/c1-13(22-2)16(19)17-15-8-10-18(11-9-15)23(20,21)12-14-6-4-3-5-7-14/h3-7,13,15H,8-12H2,1-2H3,(H,17,19)/t13-/m0/s1. The van der Waals surface area contributed by atoms with Crippen LogP contribution in [0.4, 0.5) is 0 Å². The zero-order valence-corrected chi connectivity index (χ0v) is 14.4. The quantitative estimate of drug-likeness (QED) is 0.842. The fraction of sp³-hybridized carbons (Fsp3) is 0.562. The van der Waals surface area contributed by atoms with Crippen molar-refractivity contribution in [3.05, 3.63) is 35.9 Å². The molecule has 1 heterocycles. The first-order valence-electron chi connectivity index (χ1n) is 7.77. The minimum atomic E-state index is -3.31. The van der Waals surface area contributed by atoms with Gasteiger partial charge in [-0.25, -0.2) is 12.7 Å². The topological polar surface area (TPSA) is 75.7 Å². The van der Waals surface area contributed by atoms with E-state index in [1.54, 1.807) is 6.92 Å². The molecular formula is C16H24N2O4S. The molecule has 23 heavy (non-hydrogen) atoms. The Morgan fingerprint density at radius 3 is 2.48 bits per heavy atom. The van der Waals surface area contributed by atoms with Gasteiger partial charge in [-0.3, -0.25) is 4.79 Å². The number of sulfonamides is 1. The van der Waals surface area contributed by atoms with Gasteiger partial charge < -0.3 is 10.1 Å². The summed E-state index contributed by atoms with van der Waals surface area (Å²) < 4.78 is 31.4. The van der Waals surface area contributed by atoms with Gasteiger partial charge in [0, 0.05) is 26.2 Å². The van der Waals surface area contributed by atoms with E-state index in [9.17, 15) is 13.2 Å². The highest BCUT2D eigenvalue weighted by Gasteiger charge is 2.29. The molecule has 6 nitrogen and oxygen atoms in total. The van der Waals surface area contributed by atoms with Crippen molar-refractivity contribution < 1.29 is 17.9 Å². The van der Waals surface area contributed by atoms with Gasteiger partial charge in [0.05, 0.1) is 5.75 Å². The van der Waals surface area contributed by atoms with Crippen LogP contribution in [0.1, 0.15) is 25.3 Å². The van der Waals surface area contributed by atoms with Crippen molar-refractivity contribution in [2.45, 2.75) is 37.7 Å². The molecule has 0 aromatic heterocycles. The molecule has 0 saturated carbocycles. The van der Waals surface area contributed by atoms with Crippen molar-refractivity contribution >= 4 is 15.9 Å². The van der Waals surface area contributed by atoms with Crippen LogP contribution >= 0.6 is 0 Å². The predicted octanol–water partition coefficient (Wildman–Crippen LogP) is 1.13. The third-order valence-electron chi connectivity index (χ3n) is 4.11. The predicted molar refractivity (Wildman–Crippen MR) is 88.3 cm³/mol. The second kappa shape index (κ2) is 7.90. The summed E-state index contributed by atoms with van der Waals surface area (Å²) in [5.41, 5.74) is 0.789. The number of hydrogen-bond acceptors (Lipinski definition) is 4. The van der Waals surface area contributed by atoms with Crippen molar-refractivity contribution in [1.82, 2.24) is 9.62 Å². The van der Waals surface area contributed by atoms with Crippen LogP contribution in [0.2, 0.25) is 0 Å². The molecule has 1 amide bonds. The number of ether oxygens (including phenoxy) is 1. The van der Waals surface area contributed by atoms with Crippen LogP contribution in [0.3, 0.4) is 0 Å². The van der Waals surface area contributed by atoms with Gasteiger partial charge >= 0.3 is 0 Å². The largest absolute Gasteiger partial charge is 0.372 e. The highest BCUT2D eigenvalue weighted by molar-refractivity contribution is 7.88. The fourth-order valence-electron chi connectivity index (χ4n) is 2.58. The van der Waals surface area contributed by atoms with Crippen molar-refractivity contribution in [2.24, 2.45) is 0 Å². The molecular weight excluding hydrogens is 316 g/mol. The van der Waals surface area contributed by atoms with Crippen LogP contribution in [0.5, 0.6) is 0 Å². The van der Waals surface area contributed by atoms with E-state index in [1.165, 1.54) is 11.4 Å². The number of carbonyl (C=O) groups is 1. The third-order valence-corrected chi connectivity index (χ3v) is 5.96. The Morgan fingerprint density at radius 1 is 1.30 bits per heavy atom. The van der Waals surface area contributed by atoms with Crippen molar-refractivity contribution in [3.8, 4) is 0 Å². The first kappa shape index (κ1) is 17.9. The maximum atomic E-state index is 12.5. The number of nitrogens with one attached hydrogen (secondary N) is 1. The summed E-state index contributed by atoms with van der Waals surface area (Å²) in [5, 5.41) is 2.91. The molecule has 0 unspecified atom stereocenters. The van der Waals surface area contributed by atoms with Gasteiger partial charge in [-0.05, 0) is 25.3 Å². The van der Waals surface area contributed by atoms with Crippen LogP contribution in [-0.2, 0) is 25.3 Å². The minimum absolute atomic E-state index is 0.00303. The average molecular weight is 340 g/mol. The maximum absolute atomic E-state index is 12.5.